The minimum atomic E-state index is -1.40. The summed E-state index contributed by atoms with van der Waals surface area (Å²) in [4.78, 5) is 150. The molecular weight excluding hydrogens is 1710 g/mol. The van der Waals surface area contributed by atoms with E-state index < -0.39 is 53.4 Å². The van der Waals surface area contributed by atoms with Crippen molar-refractivity contribution < 1.29 is 92.5 Å². The molecular formula is C92H83BrClN13O19. The quantitative estimate of drug-likeness (QED) is 0.0251. The Hall–Kier alpha value is -14.8. The molecule has 3 aromatic heterocycles. The number of fused-ring (bicyclic) bond motifs is 4. The number of carbonyl (C=O) groups is 11. The van der Waals surface area contributed by atoms with E-state index in [1.165, 1.54) is 49.5 Å². The van der Waals surface area contributed by atoms with Gasteiger partial charge in [-0.25, -0.2) is 39.4 Å². The minimum absolute atomic E-state index is 0.00380. The van der Waals surface area contributed by atoms with Crippen LogP contribution in [0.3, 0.4) is 0 Å². The van der Waals surface area contributed by atoms with Gasteiger partial charge in [0.1, 0.15) is 5.75 Å². The van der Waals surface area contributed by atoms with Gasteiger partial charge in [0.25, 0.3) is 35.4 Å². The molecule has 0 saturated heterocycles. The first-order valence-electron chi connectivity index (χ1n) is 39.3. The number of benzene rings is 9. The average Bonchev–Trinajstić information content (AvgIpc) is 0.848. The maximum atomic E-state index is 13.3. The molecule has 1 unspecified atom stereocenters. The van der Waals surface area contributed by atoms with E-state index in [1.807, 2.05) is 60.7 Å². The Balaban J connectivity index is 0.000000153. The third kappa shape index (κ3) is 21.6. The van der Waals surface area contributed by atoms with Crippen molar-refractivity contribution in [2.75, 3.05) is 47.0 Å². The molecule has 5 heterocycles. The number of methoxy groups -OCH3 is 3. The molecule has 1 saturated carbocycles. The number of anilines is 6. The number of ether oxygens (including phenoxy) is 3. The van der Waals surface area contributed by atoms with Crippen molar-refractivity contribution >= 4 is 182 Å². The standard InChI is InChI=1S/C24H18ClN3O6.C23H19BrN4O5.C23H20N4O5.C22H26N2O3/c1-34-11-18-21(24(32)33)20(15-10-14(25)6-7-17(15)26-18)23(31)28-27-22(30)16-8-12-4-2-3-5-13(12)9-19(16)29;1-12-9-19(29)28(27-12)15-6-4-14(5-7-15)25-22(30)20-16-10-13(24)3-8-17(16)26-18(11-33-2)21(20)23(31)32;1-13-11-19(28)27(26-13)15-9-7-14(8-10-15)24-22(29)20-16-5-3-4-6-17(16)25-18(12-32-2)21(20)23(30)31;25-21(16-20(22(26)27)17-10-4-1-5-11-17)23-24(18-12-6-2-7-13-18)19-14-8-3-9-15-19/h2-10,29H,11H2,1H3,(H,27,30)(H,28,31)(H,32,33);3-8,10H,9,11H2,1-2H3,(H,25,30)(H,31,32);3-10H,11-12H2,1-2H3,(H,24,29)(H,30,31);2-3,6-9,12-15,17,20H,1,4-5,10-11,16H2,(H,23,25)(H,26,27). The third-order valence-corrected chi connectivity index (χ3v) is 21.1. The highest BCUT2D eigenvalue weighted by Crippen LogP contribution is 2.36. The number of hydrazone groups is 2. The predicted octanol–water partition coefficient (Wildman–Crippen LogP) is 15.8. The maximum Gasteiger partial charge on any atom is 0.338 e. The number of hydrazine groups is 2. The fourth-order valence-corrected chi connectivity index (χ4v) is 15.2. The molecule has 1 atom stereocenters. The lowest BCUT2D eigenvalue weighted by atomic mass is 9.78. The molecule has 34 heteroatoms. The van der Waals surface area contributed by atoms with Gasteiger partial charge in [-0.05, 0) is 171 Å². The smallest absolute Gasteiger partial charge is 0.338 e. The number of phenolic OH excluding ortho intramolecular Hbond substituents is 1. The zero-order valence-electron chi connectivity index (χ0n) is 68.3. The number of aliphatic carboxylic acids is 1. The fourth-order valence-electron chi connectivity index (χ4n) is 14.7. The highest BCUT2D eigenvalue weighted by molar-refractivity contribution is 9.10. The van der Waals surface area contributed by atoms with Gasteiger partial charge in [0.05, 0.1) is 134 Å². The molecule has 3 aliphatic rings. The van der Waals surface area contributed by atoms with Crippen LogP contribution in [0.4, 0.5) is 34.1 Å². The number of phenols is 1. The number of aromatic carboxylic acids is 3. The van der Waals surface area contributed by atoms with Crippen LogP contribution in [0.15, 0.2) is 221 Å². The van der Waals surface area contributed by atoms with Crippen molar-refractivity contribution in [1.29, 1.82) is 0 Å². The van der Waals surface area contributed by atoms with E-state index in [1.54, 1.807) is 146 Å². The lowest BCUT2D eigenvalue weighted by Gasteiger charge is -2.29. The lowest BCUT2D eigenvalue weighted by molar-refractivity contribution is -0.146. The summed E-state index contributed by atoms with van der Waals surface area (Å²) in [7, 11) is 4.23. The van der Waals surface area contributed by atoms with Gasteiger partial charge in [-0.3, -0.25) is 59.6 Å². The van der Waals surface area contributed by atoms with Crippen molar-refractivity contribution in [3.8, 4) is 5.75 Å². The topological polar surface area (TPSA) is 450 Å². The molecule has 126 heavy (non-hydrogen) atoms. The second-order valence-corrected chi connectivity index (χ2v) is 30.5. The summed E-state index contributed by atoms with van der Waals surface area (Å²) in [6.07, 6.45) is 5.59. The molecule has 7 amide bonds. The molecule has 12 aromatic rings. The highest BCUT2D eigenvalue weighted by Gasteiger charge is 2.34. The van der Waals surface area contributed by atoms with Crippen LogP contribution >= 0.6 is 27.5 Å². The van der Waals surface area contributed by atoms with Crippen molar-refractivity contribution in [3.05, 3.63) is 272 Å². The summed E-state index contributed by atoms with van der Waals surface area (Å²) in [5.74, 6) is -9.05. The molecule has 10 N–H and O–H groups in total. The summed E-state index contributed by atoms with van der Waals surface area (Å²) in [6, 6.07) is 58.7. The van der Waals surface area contributed by atoms with Crippen molar-refractivity contribution in [3.63, 3.8) is 0 Å². The number of para-hydroxylation sites is 3. The van der Waals surface area contributed by atoms with Gasteiger partial charge in [0.15, 0.2) is 0 Å². The van der Waals surface area contributed by atoms with Crippen LogP contribution in [-0.4, -0.2) is 138 Å². The van der Waals surface area contributed by atoms with Crippen molar-refractivity contribution in [1.82, 2.24) is 31.2 Å². The summed E-state index contributed by atoms with van der Waals surface area (Å²) in [5.41, 5.74) is 13.0. The number of carboxylic acids is 4. The summed E-state index contributed by atoms with van der Waals surface area (Å²) in [6.45, 7) is 3.29. The summed E-state index contributed by atoms with van der Waals surface area (Å²) < 4.78 is 15.9. The number of aromatic nitrogens is 3. The number of pyridine rings is 3. The first-order chi connectivity index (χ1) is 60.6. The zero-order chi connectivity index (χ0) is 90.0. The van der Waals surface area contributed by atoms with Crippen LogP contribution < -0.4 is 41.9 Å². The number of hydrogen-bond acceptors (Lipinski definition) is 21. The van der Waals surface area contributed by atoms with Crippen LogP contribution in [-0.2, 0) is 53.2 Å². The molecule has 1 aliphatic carbocycles. The monoisotopic (exact) mass is 1790 g/mol. The Labute approximate surface area is 732 Å². The van der Waals surface area contributed by atoms with Crippen LogP contribution in [0, 0.1) is 11.8 Å². The number of nitrogens with one attached hydrogen (secondary N) is 5. The van der Waals surface area contributed by atoms with Crippen LogP contribution in [0.2, 0.25) is 5.02 Å². The average molecular weight is 1790 g/mol. The molecule has 0 spiro atoms. The normalized spacial score (nSPS) is 13.2. The van der Waals surface area contributed by atoms with Gasteiger partial charge in [-0.1, -0.05) is 126 Å². The second-order valence-electron chi connectivity index (χ2n) is 29.1. The van der Waals surface area contributed by atoms with E-state index >= 15 is 0 Å². The Morgan fingerprint density at radius 2 is 0.905 bits per heavy atom. The number of aromatic hydroxyl groups is 1. The first kappa shape index (κ1) is 90.5. The van der Waals surface area contributed by atoms with Gasteiger partial charge in [0.2, 0.25) is 5.91 Å². The number of hydrogen-bond donors (Lipinski definition) is 10. The number of amides is 7. The molecule has 9 aromatic carbocycles. The molecule has 0 radical (unpaired) electrons. The molecule has 15 rings (SSSR count). The van der Waals surface area contributed by atoms with E-state index in [2.05, 4.69) is 68.0 Å². The van der Waals surface area contributed by atoms with E-state index in [0.29, 0.717) is 59.9 Å². The number of halogens is 2. The zero-order valence-corrected chi connectivity index (χ0v) is 70.7. The van der Waals surface area contributed by atoms with E-state index in [9.17, 15) is 78.3 Å². The summed E-state index contributed by atoms with van der Waals surface area (Å²) in [5, 5.41) is 70.4. The predicted molar refractivity (Wildman–Crippen MR) is 476 cm³/mol. The first-order valence-corrected chi connectivity index (χ1v) is 40.4. The second kappa shape index (κ2) is 41.4. The minimum Gasteiger partial charge on any atom is -0.507 e. The van der Waals surface area contributed by atoms with Gasteiger partial charge in [-0.15, -0.1) is 0 Å². The summed E-state index contributed by atoms with van der Waals surface area (Å²) >= 11 is 9.44. The van der Waals surface area contributed by atoms with Gasteiger partial charge >= 0.3 is 23.9 Å². The van der Waals surface area contributed by atoms with Crippen molar-refractivity contribution in [2.45, 2.75) is 85.0 Å². The molecule has 2 aliphatic heterocycles. The van der Waals surface area contributed by atoms with Crippen LogP contribution in [0.5, 0.6) is 5.75 Å². The molecule has 644 valence electrons. The van der Waals surface area contributed by atoms with Gasteiger partial charge < -0.3 is 50.4 Å². The lowest BCUT2D eigenvalue weighted by Crippen LogP contribution is -2.42. The number of carboxylic acid groups (broad SMARTS) is 4. The molecule has 1 fully saturated rings. The Kier molecular flexibility index (Phi) is 29.7. The largest absolute Gasteiger partial charge is 0.507 e. The van der Waals surface area contributed by atoms with E-state index in [-0.39, 0.29) is 135 Å². The fraction of sp³-hybridized carbons (Fsp3) is 0.196. The number of rotatable bonds is 24. The third-order valence-electron chi connectivity index (χ3n) is 20.3. The van der Waals surface area contributed by atoms with Crippen LogP contribution in [0.1, 0.15) is 155 Å². The molecule has 32 nitrogen and oxygen atoms in total. The Morgan fingerprint density at radius 1 is 0.484 bits per heavy atom. The Bertz CT molecular complexity index is 6260. The van der Waals surface area contributed by atoms with Gasteiger partial charge in [0, 0.05) is 76.2 Å². The van der Waals surface area contributed by atoms with Gasteiger partial charge in [-0.2, -0.15) is 10.2 Å². The Morgan fingerprint density at radius 3 is 1.37 bits per heavy atom. The number of nitrogens with zero attached hydrogens (tertiary/aromatic N) is 8. The maximum absolute atomic E-state index is 13.3. The number of carbonyl (C=O) groups excluding carboxylic acids is 7. The van der Waals surface area contributed by atoms with Crippen molar-refractivity contribution in [2.24, 2.45) is 22.0 Å². The van der Waals surface area contributed by atoms with E-state index in [0.717, 1.165) is 60.3 Å². The molecule has 0 bridgehead atoms. The van der Waals surface area contributed by atoms with E-state index in [4.69, 9.17) is 25.8 Å². The van der Waals surface area contributed by atoms with Crippen LogP contribution in [0.25, 0.3) is 43.5 Å². The SMILES string of the molecule is COCc1nc2ccc(Br)cc2c(C(=O)Nc2ccc(N3N=C(C)CC3=O)cc2)c1C(=O)O.COCc1nc2ccc(Cl)cc2c(C(=O)NNC(=O)c2cc3ccccc3cc2O)c1C(=O)O.COCc1nc2ccccc2c(C(=O)Nc2ccc(N3N=C(C)CC3=O)cc2)c1C(=O)O.O=C(CC(C(=O)O)C1CCCCC1)NN(c1ccccc1)c1ccccc1. The highest BCUT2D eigenvalue weighted by atomic mass is 79.9.